The number of likely N-dealkylation sites (tertiary alicyclic amines) is 1. The molecule has 1 aliphatic rings. The van der Waals surface area contributed by atoms with E-state index >= 15 is 0 Å². The van der Waals surface area contributed by atoms with Crippen LogP contribution in [0.25, 0.3) is 21.7 Å². The van der Waals surface area contributed by atoms with Gasteiger partial charge in [0.15, 0.2) is 0 Å². The molecular weight excluding hydrogens is 470 g/mol. The van der Waals surface area contributed by atoms with E-state index in [1.807, 2.05) is 67.7 Å². The standard InChI is InChI=1S/C29H27N3O3S/c1-20-18-30-28(36-20)23-14-12-22(13-15-23)24-9-5-10-25(17-24)31-27(33)26-11-6-16-32(26)29(34)35-19-21-7-3-2-4-8-21/h2-5,7-10,12-15,17-18,26H,6,11,16,19H2,1H3,(H,31,33)/t26-/m0/s1. The molecule has 4 aromatic rings. The van der Waals surface area contributed by atoms with Gasteiger partial charge < -0.3 is 10.1 Å². The normalized spacial score (nSPS) is 15.0. The number of amides is 2. The molecule has 2 heterocycles. The van der Waals surface area contributed by atoms with E-state index in [9.17, 15) is 9.59 Å². The van der Waals surface area contributed by atoms with Crippen LogP contribution in [0.4, 0.5) is 10.5 Å². The molecule has 3 aromatic carbocycles. The van der Waals surface area contributed by atoms with Gasteiger partial charge in [0.2, 0.25) is 5.91 Å². The topological polar surface area (TPSA) is 71.5 Å². The third-order valence-electron chi connectivity index (χ3n) is 6.21. The predicted molar refractivity (Wildman–Crippen MR) is 143 cm³/mol. The fourth-order valence-corrected chi connectivity index (χ4v) is 5.13. The van der Waals surface area contributed by atoms with Crippen LogP contribution in [-0.4, -0.2) is 34.5 Å². The minimum Gasteiger partial charge on any atom is -0.445 e. The van der Waals surface area contributed by atoms with Crippen LogP contribution in [0, 0.1) is 6.92 Å². The van der Waals surface area contributed by atoms with Gasteiger partial charge in [0.1, 0.15) is 17.7 Å². The molecule has 1 fully saturated rings. The molecule has 182 valence electrons. The quantitative estimate of drug-likeness (QED) is 0.329. The first kappa shape index (κ1) is 23.8. The Balaban J connectivity index is 1.23. The van der Waals surface area contributed by atoms with Crippen molar-refractivity contribution in [3.8, 4) is 21.7 Å². The number of anilines is 1. The third kappa shape index (κ3) is 5.47. The van der Waals surface area contributed by atoms with Gasteiger partial charge in [-0.1, -0.05) is 66.7 Å². The number of carbonyl (C=O) groups is 2. The number of nitrogens with one attached hydrogen (secondary N) is 1. The highest BCUT2D eigenvalue weighted by Gasteiger charge is 2.35. The second kappa shape index (κ2) is 10.7. The highest BCUT2D eigenvalue weighted by molar-refractivity contribution is 7.14. The lowest BCUT2D eigenvalue weighted by atomic mass is 10.0. The molecule has 1 saturated heterocycles. The van der Waals surface area contributed by atoms with Crippen LogP contribution < -0.4 is 5.32 Å². The van der Waals surface area contributed by atoms with E-state index in [1.165, 1.54) is 9.78 Å². The van der Waals surface area contributed by atoms with Crippen molar-refractivity contribution in [3.63, 3.8) is 0 Å². The monoisotopic (exact) mass is 497 g/mol. The summed E-state index contributed by atoms with van der Waals surface area (Å²) in [5, 5.41) is 4.00. The highest BCUT2D eigenvalue weighted by atomic mass is 32.1. The average molecular weight is 498 g/mol. The number of carbonyl (C=O) groups excluding carboxylic acids is 2. The summed E-state index contributed by atoms with van der Waals surface area (Å²) in [6.45, 7) is 2.75. The largest absolute Gasteiger partial charge is 0.445 e. The molecule has 36 heavy (non-hydrogen) atoms. The van der Waals surface area contributed by atoms with E-state index < -0.39 is 12.1 Å². The van der Waals surface area contributed by atoms with Crippen LogP contribution >= 0.6 is 11.3 Å². The van der Waals surface area contributed by atoms with Crippen molar-refractivity contribution in [3.05, 3.63) is 95.5 Å². The Kier molecular flexibility index (Phi) is 7.09. The maximum absolute atomic E-state index is 13.1. The summed E-state index contributed by atoms with van der Waals surface area (Å²) in [5.74, 6) is -0.198. The molecule has 6 nitrogen and oxygen atoms in total. The zero-order valence-corrected chi connectivity index (χ0v) is 20.8. The average Bonchev–Trinajstić information content (AvgIpc) is 3.58. The van der Waals surface area contributed by atoms with Gasteiger partial charge in [-0.3, -0.25) is 9.69 Å². The molecule has 1 aliphatic heterocycles. The van der Waals surface area contributed by atoms with E-state index in [2.05, 4.69) is 34.6 Å². The molecule has 2 amide bonds. The van der Waals surface area contributed by atoms with Gasteiger partial charge in [0.25, 0.3) is 0 Å². The fraction of sp³-hybridized carbons (Fsp3) is 0.207. The van der Waals surface area contributed by atoms with Crippen molar-refractivity contribution in [2.75, 3.05) is 11.9 Å². The summed E-state index contributed by atoms with van der Waals surface area (Å²) in [6, 6.07) is 25.0. The zero-order chi connectivity index (χ0) is 24.9. The number of aromatic nitrogens is 1. The summed E-state index contributed by atoms with van der Waals surface area (Å²) >= 11 is 1.67. The van der Waals surface area contributed by atoms with E-state index in [0.29, 0.717) is 18.7 Å². The van der Waals surface area contributed by atoms with Gasteiger partial charge in [-0.05, 0) is 48.6 Å². The zero-order valence-electron chi connectivity index (χ0n) is 20.0. The van der Waals surface area contributed by atoms with E-state index in [4.69, 9.17) is 4.74 Å². The van der Waals surface area contributed by atoms with Crippen LogP contribution in [0.3, 0.4) is 0 Å². The number of thiazole rings is 1. The van der Waals surface area contributed by atoms with E-state index in [-0.39, 0.29) is 12.5 Å². The first-order valence-electron chi connectivity index (χ1n) is 12.0. The molecule has 0 unspecified atom stereocenters. The lowest BCUT2D eigenvalue weighted by molar-refractivity contribution is -0.120. The van der Waals surface area contributed by atoms with Crippen molar-refractivity contribution >= 4 is 29.0 Å². The molecule has 7 heteroatoms. The van der Waals surface area contributed by atoms with Gasteiger partial charge in [-0.25, -0.2) is 9.78 Å². The Hall–Kier alpha value is -3.97. The van der Waals surface area contributed by atoms with E-state index in [1.54, 1.807) is 11.3 Å². The van der Waals surface area contributed by atoms with Crippen molar-refractivity contribution in [2.24, 2.45) is 0 Å². The molecule has 1 aromatic heterocycles. The molecule has 0 spiro atoms. The minimum atomic E-state index is -0.544. The van der Waals surface area contributed by atoms with Gasteiger partial charge in [0, 0.05) is 28.9 Å². The number of ether oxygens (including phenoxy) is 1. The second-order valence-corrected chi connectivity index (χ2v) is 10.0. The molecule has 1 N–H and O–H groups in total. The summed E-state index contributed by atoms with van der Waals surface area (Å²) in [7, 11) is 0. The first-order chi connectivity index (χ1) is 17.6. The second-order valence-electron chi connectivity index (χ2n) is 8.82. The van der Waals surface area contributed by atoms with Crippen LogP contribution in [0.5, 0.6) is 0 Å². The van der Waals surface area contributed by atoms with Crippen molar-refractivity contribution in [2.45, 2.75) is 32.4 Å². The maximum atomic E-state index is 13.1. The molecule has 0 radical (unpaired) electrons. The van der Waals surface area contributed by atoms with Crippen LogP contribution in [0.2, 0.25) is 0 Å². The summed E-state index contributed by atoms with van der Waals surface area (Å²) in [4.78, 5) is 32.9. The number of hydrogen-bond donors (Lipinski definition) is 1. The lowest BCUT2D eigenvalue weighted by Gasteiger charge is -2.23. The minimum absolute atomic E-state index is 0.188. The highest BCUT2D eigenvalue weighted by Crippen LogP contribution is 2.29. The third-order valence-corrected chi connectivity index (χ3v) is 7.17. The van der Waals surface area contributed by atoms with Gasteiger partial charge >= 0.3 is 6.09 Å². The number of aryl methyl sites for hydroxylation is 1. The molecule has 0 saturated carbocycles. The Morgan fingerprint density at radius 1 is 1.00 bits per heavy atom. The van der Waals surface area contributed by atoms with Gasteiger partial charge in [-0.15, -0.1) is 11.3 Å². The Bertz CT molecular complexity index is 1350. The smallest absolute Gasteiger partial charge is 0.410 e. The molecule has 1 atom stereocenters. The SMILES string of the molecule is Cc1cnc(-c2ccc(-c3cccc(NC(=O)[C@@H]4CCCN4C(=O)OCc4ccccc4)c3)cc2)s1. The molecular formula is C29H27N3O3S. The maximum Gasteiger partial charge on any atom is 0.410 e. The Morgan fingerprint density at radius 3 is 2.53 bits per heavy atom. The lowest BCUT2D eigenvalue weighted by Crippen LogP contribution is -2.43. The number of rotatable bonds is 6. The number of benzene rings is 3. The molecule has 0 aliphatic carbocycles. The van der Waals surface area contributed by atoms with Crippen molar-refractivity contribution in [1.82, 2.24) is 9.88 Å². The number of hydrogen-bond acceptors (Lipinski definition) is 5. The van der Waals surface area contributed by atoms with Crippen LogP contribution in [0.1, 0.15) is 23.3 Å². The van der Waals surface area contributed by atoms with Crippen LogP contribution in [0.15, 0.2) is 85.1 Å². The summed E-state index contributed by atoms with van der Waals surface area (Å²) in [5.41, 5.74) is 4.75. The predicted octanol–water partition coefficient (Wildman–Crippen LogP) is 6.53. The Morgan fingerprint density at radius 2 is 1.78 bits per heavy atom. The van der Waals surface area contributed by atoms with Crippen LogP contribution in [-0.2, 0) is 16.1 Å². The van der Waals surface area contributed by atoms with Gasteiger partial charge in [-0.2, -0.15) is 0 Å². The van der Waals surface area contributed by atoms with Crippen molar-refractivity contribution < 1.29 is 14.3 Å². The number of nitrogens with zero attached hydrogens (tertiary/aromatic N) is 2. The molecule has 0 bridgehead atoms. The first-order valence-corrected chi connectivity index (χ1v) is 12.8. The summed E-state index contributed by atoms with van der Waals surface area (Å²) < 4.78 is 5.47. The summed E-state index contributed by atoms with van der Waals surface area (Å²) in [6.07, 6.45) is 2.81. The van der Waals surface area contributed by atoms with E-state index in [0.717, 1.165) is 33.7 Å². The fourth-order valence-electron chi connectivity index (χ4n) is 4.36. The Labute approximate surface area is 214 Å². The molecule has 5 rings (SSSR count). The van der Waals surface area contributed by atoms with Gasteiger partial charge in [0.05, 0.1) is 0 Å². The van der Waals surface area contributed by atoms with Crippen molar-refractivity contribution in [1.29, 1.82) is 0 Å².